The number of carbonyl (C=O) groups is 1. The molecular weight excluding hydrogens is 346 g/mol. The van der Waals surface area contributed by atoms with E-state index >= 15 is 0 Å². The van der Waals surface area contributed by atoms with Crippen molar-refractivity contribution < 1.29 is 9.72 Å². The lowest BCUT2D eigenvalue weighted by atomic mass is 9.95. The Hall–Kier alpha value is -2.45. The highest BCUT2D eigenvalue weighted by molar-refractivity contribution is 5.97. The van der Waals surface area contributed by atoms with Gasteiger partial charge in [-0.2, -0.15) is 5.10 Å². The maximum absolute atomic E-state index is 12.8. The Morgan fingerprint density at radius 2 is 1.96 bits per heavy atom. The average Bonchev–Trinajstić information content (AvgIpc) is 3.07. The summed E-state index contributed by atoms with van der Waals surface area (Å²) in [4.78, 5) is 25.1. The van der Waals surface area contributed by atoms with Crippen LogP contribution in [0, 0.1) is 17.0 Å². The van der Waals surface area contributed by atoms with Gasteiger partial charge in [-0.15, -0.1) is 12.4 Å². The summed E-state index contributed by atoms with van der Waals surface area (Å²) in [6.45, 7) is 2.32. The standard InChI is InChI=1S/C16H19N5O3.ClH/c1-10-14(21(23)24)15(19(2)18-10)16(22)20-8-12(13(17)9-20)11-6-4-3-5-7-11;/h3-7,12-13H,8-9,17H2,1-2H3;1H/t12-,13+;/m0./s1. The number of nitrogens with two attached hydrogens (primary N) is 1. The molecule has 134 valence electrons. The third kappa shape index (κ3) is 3.35. The molecule has 0 spiro atoms. The summed E-state index contributed by atoms with van der Waals surface area (Å²) in [6.07, 6.45) is 0. The molecule has 1 aliphatic rings. The monoisotopic (exact) mass is 365 g/mol. The predicted molar refractivity (Wildman–Crippen MR) is 94.9 cm³/mol. The van der Waals surface area contributed by atoms with E-state index in [0.29, 0.717) is 13.1 Å². The van der Waals surface area contributed by atoms with E-state index in [9.17, 15) is 14.9 Å². The van der Waals surface area contributed by atoms with Gasteiger partial charge in [0.05, 0.1) is 4.92 Å². The first kappa shape index (κ1) is 18.9. The average molecular weight is 366 g/mol. The number of amides is 1. The smallest absolute Gasteiger partial charge is 0.322 e. The van der Waals surface area contributed by atoms with Crippen molar-refractivity contribution in [2.45, 2.75) is 18.9 Å². The highest BCUT2D eigenvalue weighted by Gasteiger charge is 2.38. The number of nitrogens with zero attached hydrogens (tertiary/aromatic N) is 4. The second kappa shape index (κ2) is 7.20. The van der Waals surface area contributed by atoms with Crippen LogP contribution in [0.25, 0.3) is 0 Å². The second-order valence-corrected chi connectivity index (χ2v) is 6.05. The summed E-state index contributed by atoms with van der Waals surface area (Å²) in [5.41, 5.74) is 7.27. The van der Waals surface area contributed by atoms with Gasteiger partial charge < -0.3 is 10.6 Å². The Morgan fingerprint density at radius 1 is 1.32 bits per heavy atom. The number of halogens is 1. The van der Waals surface area contributed by atoms with Crippen LogP contribution in [0.4, 0.5) is 5.69 Å². The zero-order valence-electron chi connectivity index (χ0n) is 14.0. The van der Waals surface area contributed by atoms with Crippen LogP contribution >= 0.6 is 12.4 Å². The molecule has 1 aromatic carbocycles. The topological polar surface area (TPSA) is 107 Å². The van der Waals surface area contributed by atoms with Crippen LogP contribution < -0.4 is 5.73 Å². The molecule has 1 amide bonds. The van der Waals surface area contributed by atoms with Crippen molar-refractivity contribution in [3.05, 3.63) is 57.4 Å². The van der Waals surface area contributed by atoms with E-state index < -0.39 is 10.8 Å². The van der Waals surface area contributed by atoms with Crippen LogP contribution in [0.3, 0.4) is 0 Å². The number of nitro groups is 1. The summed E-state index contributed by atoms with van der Waals surface area (Å²) in [5, 5.41) is 15.3. The maximum Gasteiger partial charge on any atom is 0.322 e. The van der Waals surface area contributed by atoms with Crippen molar-refractivity contribution in [2.24, 2.45) is 12.8 Å². The quantitative estimate of drug-likeness (QED) is 0.657. The fourth-order valence-electron chi connectivity index (χ4n) is 3.30. The summed E-state index contributed by atoms with van der Waals surface area (Å²) >= 11 is 0. The minimum absolute atomic E-state index is 0. The third-order valence-electron chi connectivity index (χ3n) is 4.46. The number of hydrogen-bond acceptors (Lipinski definition) is 5. The third-order valence-corrected chi connectivity index (χ3v) is 4.46. The number of rotatable bonds is 3. The van der Waals surface area contributed by atoms with Crippen molar-refractivity contribution in [1.82, 2.24) is 14.7 Å². The minimum Gasteiger partial charge on any atom is -0.335 e. The number of aromatic nitrogens is 2. The van der Waals surface area contributed by atoms with Crippen molar-refractivity contribution in [3.8, 4) is 0 Å². The molecule has 1 fully saturated rings. The Balaban J connectivity index is 0.00000225. The van der Waals surface area contributed by atoms with E-state index in [1.165, 1.54) is 18.7 Å². The predicted octanol–water partition coefficient (Wildman–Crippen LogP) is 1.63. The molecule has 3 rings (SSSR count). The molecule has 2 atom stereocenters. The SMILES string of the molecule is Cc1nn(C)c(C(=O)N2C[C@@H](N)[C@H](c3ccccc3)C2)c1[N+](=O)[O-].Cl. The molecule has 2 N–H and O–H groups in total. The van der Waals surface area contributed by atoms with Crippen molar-refractivity contribution >= 4 is 24.0 Å². The van der Waals surface area contributed by atoms with Gasteiger partial charge in [-0.05, 0) is 12.5 Å². The van der Waals surface area contributed by atoms with Gasteiger partial charge in [0.15, 0.2) is 0 Å². The zero-order valence-corrected chi connectivity index (χ0v) is 14.8. The molecule has 1 saturated heterocycles. The van der Waals surface area contributed by atoms with Gasteiger partial charge >= 0.3 is 5.69 Å². The number of benzene rings is 1. The first-order valence-electron chi connectivity index (χ1n) is 7.68. The van der Waals surface area contributed by atoms with Crippen molar-refractivity contribution in [2.75, 3.05) is 13.1 Å². The number of carbonyl (C=O) groups excluding carboxylic acids is 1. The van der Waals surface area contributed by atoms with E-state index in [2.05, 4.69) is 5.10 Å². The number of hydrogen-bond donors (Lipinski definition) is 1. The van der Waals surface area contributed by atoms with E-state index in [1.807, 2.05) is 30.3 Å². The first-order chi connectivity index (χ1) is 11.4. The van der Waals surface area contributed by atoms with Crippen molar-refractivity contribution in [3.63, 3.8) is 0 Å². The van der Waals surface area contributed by atoms with E-state index in [-0.39, 0.29) is 41.4 Å². The van der Waals surface area contributed by atoms with E-state index in [1.54, 1.807) is 4.90 Å². The molecular formula is C16H20ClN5O3. The minimum atomic E-state index is -0.555. The highest BCUT2D eigenvalue weighted by atomic mass is 35.5. The van der Waals surface area contributed by atoms with Crippen LogP contribution in [0.1, 0.15) is 27.7 Å². The van der Waals surface area contributed by atoms with E-state index in [0.717, 1.165) is 5.56 Å². The molecule has 1 aromatic heterocycles. The first-order valence-corrected chi connectivity index (χ1v) is 7.68. The Labute approximate surface area is 151 Å². The maximum atomic E-state index is 12.8. The second-order valence-electron chi connectivity index (χ2n) is 6.05. The zero-order chi connectivity index (χ0) is 17.4. The van der Waals surface area contributed by atoms with Gasteiger partial charge in [-0.25, -0.2) is 0 Å². The molecule has 1 aliphatic heterocycles. The summed E-state index contributed by atoms with van der Waals surface area (Å²) in [7, 11) is 1.54. The van der Waals surface area contributed by atoms with Gasteiger partial charge in [0.1, 0.15) is 5.69 Å². The number of aryl methyl sites for hydroxylation is 2. The highest BCUT2D eigenvalue weighted by Crippen LogP contribution is 2.30. The molecule has 0 unspecified atom stereocenters. The Bertz CT molecular complexity index is 793. The molecule has 0 aliphatic carbocycles. The summed E-state index contributed by atoms with van der Waals surface area (Å²) in [6, 6.07) is 9.55. The molecule has 9 heteroatoms. The molecule has 8 nitrogen and oxygen atoms in total. The van der Waals surface area contributed by atoms with Gasteiger partial charge in [-0.1, -0.05) is 30.3 Å². The fourth-order valence-corrected chi connectivity index (χ4v) is 3.30. The van der Waals surface area contributed by atoms with Crippen LogP contribution in [0.2, 0.25) is 0 Å². The normalized spacial score (nSPS) is 19.6. The molecule has 0 bridgehead atoms. The summed E-state index contributed by atoms with van der Waals surface area (Å²) < 4.78 is 1.27. The lowest BCUT2D eigenvalue weighted by Crippen LogP contribution is -2.33. The van der Waals surface area contributed by atoms with Gasteiger partial charge in [0.2, 0.25) is 5.69 Å². The lowest BCUT2D eigenvalue weighted by Gasteiger charge is -2.16. The molecule has 2 heterocycles. The molecule has 2 aromatic rings. The lowest BCUT2D eigenvalue weighted by molar-refractivity contribution is -0.385. The largest absolute Gasteiger partial charge is 0.335 e. The Kier molecular flexibility index (Phi) is 5.44. The van der Waals surface area contributed by atoms with Crippen LogP contribution in [-0.4, -0.2) is 44.6 Å². The summed E-state index contributed by atoms with van der Waals surface area (Å²) in [5.74, 6) is -0.387. The van der Waals surface area contributed by atoms with Gasteiger partial charge in [0.25, 0.3) is 5.91 Å². The molecule has 0 saturated carbocycles. The number of likely N-dealkylation sites (tertiary alicyclic amines) is 1. The van der Waals surface area contributed by atoms with E-state index in [4.69, 9.17) is 5.73 Å². The van der Waals surface area contributed by atoms with Crippen molar-refractivity contribution in [1.29, 1.82) is 0 Å². The van der Waals surface area contributed by atoms with Crippen LogP contribution in [-0.2, 0) is 7.05 Å². The van der Waals surface area contributed by atoms with Gasteiger partial charge in [-0.3, -0.25) is 19.6 Å². The molecule has 0 radical (unpaired) electrons. The fraction of sp³-hybridized carbons (Fsp3) is 0.375. The van der Waals surface area contributed by atoms with Gasteiger partial charge in [0, 0.05) is 32.1 Å². The Morgan fingerprint density at radius 3 is 2.56 bits per heavy atom. The van der Waals surface area contributed by atoms with Crippen LogP contribution in [0.15, 0.2) is 30.3 Å². The van der Waals surface area contributed by atoms with Crippen LogP contribution in [0.5, 0.6) is 0 Å². The molecule has 25 heavy (non-hydrogen) atoms.